The Morgan fingerprint density at radius 3 is 3.05 bits per heavy atom. The van der Waals surface area contributed by atoms with Gasteiger partial charge in [0, 0.05) is 18.3 Å². The van der Waals surface area contributed by atoms with Gasteiger partial charge in [0.25, 0.3) is 5.56 Å². The van der Waals surface area contributed by atoms with Crippen molar-refractivity contribution in [2.24, 2.45) is 0 Å². The Bertz CT molecular complexity index is 837. The van der Waals surface area contributed by atoms with Crippen molar-refractivity contribution in [2.45, 2.75) is 20.4 Å². The highest BCUT2D eigenvalue weighted by Crippen LogP contribution is 2.20. The second-order valence-electron chi connectivity index (χ2n) is 4.82. The van der Waals surface area contributed by atoms with Gasteiger partial charge in [-0.3, -0.25) is 9.36 Å². The lowest BCUT2D eigenvalue weighted by Gasteiger charge is -2.10. The first-order chi connectivity index (χ1) is 10.2. The monoisotopic (exact) mass is 300 g/mol. The zero-order chi connectivity index (χ0) is 14.8. The Morgan fingerprint density at radius 1 is 1.38 bits per heavy atom. The van der Waals surface area contributed by atoms with Crippen LogP contribution >= 0.6 is 11.3 Å². The molecule has 0 fully saturated rings. The zero-order valence-corrected chi connectivity index (χ0v) is 12.8. The molecule has 0 aliphatic heterocycles. The molecule has 0 spiro atoms. The molecular formula is C15H16N4OS. The van der Waals surface area contributed by atoms with Gasteiger partial charge in [-0.05, 0) is 30.9 Å². The number of thiophene rings is 1. The summed E-state index contributed by atoms with van der Waals surface area (Å²) in [6, 6.07) is 3.85. The van der Waals surface area contributed by atoms with Crippen molar-refractivity contribution < 1.29 is 0 Å². The minimum absolute atomic E-state index is 0.00408. The van der Waals surface area contributed by atoms with Crippen LogP contribution in [0.25, 0.3) is 10.2 Å². The maximum Gasteiger partial charge on any atom is 0.271 e. The van der Waals surface area contributed by atoms with Crippen LogP contribution in [0.4, 0.5) is 5.82 Å². The van der Waals surface area contributed by atoms with Crippen molar-refractivity contribution in [3.63, 3.8) is 0 Å². The number of hydrogen-bond donors (Lipinski definition) is 1. The topological polar surface area (TPSA) is 59.8 Å². The Morgan fingerprint density at radius 2 is 2.24 bits per heavy atom. The van der Waals surface area contributed by atoms with Crippen LogP contribution in [0.1, 0.15) is 18.1 Å². The van der Waals surface area contributed by atoms with E-state index in [1.807, 2.05) is 31.4 Å². The fourth-order valence-electron chi connectivity index (χ4n) is 2.25. The van der Waals surface area contributed by atoms with E-state index in [0.29, 0.717) is 11.2 Å². The summed E-state index contributed by atoms with van der Waals surface area (Å²) in [5, 5.41) is 5.18. The first-order valence-electron chi connectivity index (χ1n) is 6.81. The Hall–Kier alpha value is -2.21. The maximum atomic E-state index is 12.5. The molecule has 0 saturated heterocycles. The number of nitrogens with zero attached hydrogens (tertiary/aromatic N) is 3. The van der Waals surface area contributed by atoms with E-state index in [4.69, 9.17) is 0 Å². The Balaban J connectivity index is 2.03. The zero-order valence-electron chi connectivity index (χ0n) is 12.0. The summed E-state index contributed by atoms with van der Waals surface area (Å²) in [4.78, 5) is 21.2. The third kappa shape index (κ3) is 2.54. The fraction of sp³-hybridized carbons (Fsp3) is 0.267. The summed E-state index contributed by atoms with van der Waals surface area (Å²) in [7, 11) is 0. The van der Waals surface area contributed by atoms with Crippen LogP contribution in [0.15, 0.2) is 34.8 Å². The van der Waals surface area contributed by atoms with Crippen LogP contribution in [0.2, 0.25) is 0 Å². The van der Waals surface area contributed by atoms with Gasteiger partial charge < -0.3 is 5.32 Å². The molecule has 3 heterocycles. The molecule has 0 bridgehead atoms. The summed E-state index contributed by atoms with van der Waals surface area (Å²) in [5.74, 6) is 0.814. The third-order valence-corrected chi connectivity index (χ3v) is 4.37. The molecule has 3 aromatic rings. The van der Waals surface area contributed by atoms with Crippen LogP contribution in [0.5, 0.6) is 0 Å². The minimum atomic E-state index is 0.00408. The molecular weight excluding hydrogens is 284 g/mol. The summed E-state index contributed by atoms with van der Waals surface area (Å²) in [6.45, 7) is 5.25. The van der Waals surface area contributed by atoms with Crippen LogP contribution < -0.4 is 10.9 Å². The second kappa shape index (κ2) is 5.65. The van der Waals surface area contributed by atoms with E-state index in [9.17, 15) is 4.79 Å². The second-order valence-corrected chi connectivity index (χ2v) is 5.70. The summed E-state index contributed by atoms with van der Waals surface area (Å²) >= 11 is 1.45. The number of aromatic nitrogens is 3. The lowest BCUT2D eigenvalue weighted by molar-refractivity contribution is 0.747. The number of pyridine rings is 1. The van der Waals surface area contributed by atoms with Crippen molar-refractivity contribution in [1.29, 1.82) is 0 Å². The van der Waals surface area contributed by atoms with Crippen molar-refractivity contribution in [3.8, 4) is 0 Å². The summed E-state index contributed by atoms with van der Waals surface area (Å²) in [5.41, 5.74) is 2.84. The first kappa shape index (κ1) is 13.8. The quantitative estimate of drug-likeness (QED) is 0.804. The molecule has 1 N–H and O–H groups in total. The van der Waals surface area contributed by atoms with Crippen LogP contribution in [-0.2, 0) is 6.54 Å². The molecule has 3 rings (SSSR count). The van der Waals surface area contributed by atoms with Gasteiger partial charge in [0.2, 0.25) is 0 Å². The van der Waals surface area contributed by atoms with Crippen molar-refractivity contribution in [1.82, 2.24) is 14.5 Å². The standard InChI is InChI=1S/C15H16N4OS/c1-3-16-14-11(5-4-6-17-14)7-19-9-18-12-10(2)8-21-13(12)15(19)20/h4-6,8-9H,3,7H2,1-2H3,(H,16,17). The van der Waals surface area contributed by atoms with Gasteiger partial charge in [-0.25, -0.2) is 9.97 Å². The van der Waals surface area contributed by atoms with E-state index >= 15 is 0 Å². The predicted octanol–water partition coefficient (Wildman–Crippen LogP) is 2.64. The predicted molar refractivity (Wildman–Crippen MR) is 86.1 cm³/mol. The number of fused-ring (bicyclic) bond motifs is 1. The van der Waals surface area contributed by atoms with Gasteiger partial charge in [0.15, 0.2) is 0 Å². The molecule has 108 valence electrons. The molecule has 0 aromatic carbocycles. The van der Waals surface area contributed by atoms with Gasteiger partial charge in [0.1, 0.15) is 10.5 Å². The normalized spacial score (nSPS) is 11.0. The number of nitrogens with one attached hydrogen (secondary N) is 1. The average Bonchev–Trinajstić information content (AvgIpc) is 2.86. The summed E-state index contributed by atoms with van der Waals surface area (Å²) < 4.78 is 2.35. The van der Waals surface area contributed by atoms with Gasteiger partial charge in [-0.2, -0.15) is 0 Å². The fourth-order valence-corrected chi connectivity index (χ4v) is 3.20. The van der Waals surface area contributed by atoms with E-state index in [0.717, 1.165) is 29.0 Å². The highest BCUT2D eigenvalue weighted by atomic mass is 32.1. The van der Waals surface area contributed by atoms with E-state index in [-0.39, 0.29) is 5.56 Å². The van der Waals surface area contributed by atoms with E-state index in [1.54, 1.807) is 17.1 Å². The van der Waals surface area contributed by atoms with Crippen LogP contribution in [-0.4, -0.2) is 21.1 Å². The molecule has 0 radical (unpaired) electrons. The molecule has 0 amide bonds. The van der Waals surface area contributed by atoms with Gasteiger partial charge in [0.05, 0.1) is 18.4 Å². The molecule has 0 unspecified atom stereocenters. The molecule has 0 aliphatic carbocycles. The number of hydrogen-bond acceptors (Lipinski definition) is 5. The molecule has 0 aliphatic rings. The molecule has 6 heteroatoms. The first-order valence-corrected chi connectivity index (χ1v) is 7.69. The molecule has 0 saturated carbocycles. The van der Waals surface area contributed by atoms with Crippen molar-refractivity contribution in [3.05, 3.63) is 51.5 Å². The lowest BCUT2D eigenvalue weighted by Crippen LogP contribution is -2.21. The minimum Gasteiger partial charge on any atom is -0.370 e. The van der Waals surface area contributed by atoms with Crippen molar-refractivity contribution >= 4 is 27.4 Å². The SMILES string of the molecule is CCNc1ncccc1Cn1cnc2c(C)csc2c1=O. The Labute approximate surface area is 126 Å². The molecule has 21 heavy (non-hydrogen) atoms. The number of anilines is 1. The van der Waals surface area contributed by atoms with Crippen molar-refractivity contribution in [2.75, 3.05) is 11.9 Å². The van der Waals surface area contributed by atoms with Gasteiger partial charge in [-0.15, -0.1) is 11.3 Å². The highest BCUT2D eigenvalue weighted by Gasteiger charge is 2.10. The number of rotatable bonds is 4. The summed E-state index contributed by atoms with van der Waals surface area (Å²) in [6.07, 6.45) is 3.36. The third-order valence-electron chi connectivity index (χ3n) is 3.30. The lowest BCUT2D eigenvalue weighted by atomic mass is 10.2. The maximum absolute atomic E-state index is 12.5. The van der Waals surface area contributed by atoms with E-state index in [2.05, 4.69) is 15.3 Å². The van der Waals surface area contributed by atoms with Crippen LogP contribution in [0.3, 0.4) is 0 Å². The van der Waals surface area contributed by atoms with E-state index < -0.39 is 0 Å². The Kier molecular flexibility index (Phi) is 3.70. The largest absolute Gasteiger partial charge is 0.370 e. The smallest absolute Gasteiger partial charge is 0.271 e. The van der Waals surface area contributed by atoms with E-state index in [1.165, 1.54) is 11.3 Å². The van der Waals surface area contributed by atoms with Crippen LogP contribution in [0, 0.1) is 6.92 Å². The number of aryl methyl sites for hydroxylation is 1. The average molecular weight is 300 g/mol. The molecule has 0 atom stereocenters. The molecule has 3 aromatic heterocycles. The van der Waals surface area contributed by atoms with Gasteiger partial charge >= 0.3 is 0 Å². The highest BCUT2D eigenvalue weighted by molar-refractivity contribution is 7.17. The molecule has 5 nitrogen and oxygen atoms in total. The van der Waals surface area contributed by atoms with Gasteiger partial charge in [-0.1, -0.05) is 6.07 Å².